The van der Waals surface area contributed by atoms with Crippen LogP contribution in [0.4, 0.5) is 4.79 Å². The second-order valence-electron chi connectivity index (χ2n) is 6.10. The van der Waals surface area contributed by atoms with E-state index >= 15 is 0 Å². The Morgan fingerprint density at radius 2 is 2.19 bits per heavy atom. The Morgan fingerprint density at radius 3 is 2.81 bits per heavy atom. The molecule has 1 atom stereocenters. The van der Waals surface area contributed by atoms with Crippen molar-refractivity contribution >= 4 is 17.7 Å². The molecule has 1 amide bonds. The molecular weight excluding hydrogens is 292 g/mol. The fourth-order valence-electron chi connectivity index (χ4n) is 2.31. The number of phenols is 1. The Kier molecular flexibility index (Phi) is 4.64. The zero-order valence-electron chi connectivity index (χ0n) is 12.5. The molecule has 1 aromatic rings. The zero-order chi connectivity index (χ0) is 15.6. The molecule has 0 aromatic heterocycles. The highest BCUT2D eigenvalue weighted by Crippen LogP contribution is 2.32. The van der Waals surface area contributed by atoms with Gasteiger partial charge in [0, 0.05) is 24.7 Å². The summed E-state index contributed by atoms with van der Waals surface area (Å²) in [6, 6.07) is 4.59. The van der Waals surface area contributed by atoms with Crippen LogP contribution < -0.4 is 5.32 Å². The van der Waals surface area contributed by atoms with Gasteiger partial charge in [-0.05, 0) is 38.5 Å². The number of nitrogens with one attached hydrogen (secondary N) is 1. The van der Waals surface area contributed by atoms with Crippen LogP contribution >= 0.6 is 11.6 Å². The highest BCUT2D eigenvalue weighted by molar-refractivity contribution is 6.31. The van der Waals surface area contributed by atoms with Crippen molar-refractivity contribution in [3.05, 3.63) is 28.8 Å². The number of piperazine rings is 1. The SMILES string of the molecule is CC(C)(C)OC(=O)N1CCNCC1c1ccc(O)cc1Cl. The molecule has 21 heavy (non-hydrogen) atoms. The molecule has 0 radical (unpaired) electrons. The molecule has 0 spiro atoms. The highest BCUT2D eigenvalue weighted by Gasteiger charge is 2.32. The Balaban J connectivity index is 2.24. The highest BCUT2D eigenvalue weighted by atomic mass is 35.5. The van der Waals surface area contributed by atoms with Gasteiger partial charge in [0.15, 0.2) is 0 Å². The number of nitrogens with zero attached hydrogens (tertiary/aromatic N) is 1. The van der Waals surface area contributed by atoms with Crippen molar-refractivity contribution in [2.45, 2.75) is 32.4 Å². The number of phenolic OH excluding ortho intramolecular Hbond substituents is 1. The molecule has 2 rings (SSSR count). The number of hydrogen-bond donors (Lipinski definition) is 2. The first-order valence-electron chi connectivity index (χ1n) is 6.97. The lowest BCUT2D eigenvalue weighted by atomic mass is 10.0. The van der Waals surface area contributed by atoms with Gasteiger partial charge in [-0.2, -0.15) is 0 Å². The van der Waals surface area contributed by atoms with E-state index in [-0.39, 0.29) is 17.9 Å². The number of halogens is 1. The van der Waals surface area contributed by atoms with Crippen LogP contribution in [-0.4, -0.2) is 41.3 Å². The van der Waals surface area contributed by atoms with Gasteiger partial charge in [0.25, 0.3) is 0 Å². The van der Waals surface area contributed by atoms with E-state index < -0.39 is 5.60 Å². The van der Waals surface area contributed by atoms with Crippen LogP contribution in [0.1, 0.15) is 32.4 Å². The van der Waals surface area contributed by atoms with Gasteiger partial charge < -0.3 is 15.2 Å². The van der Waals surface area contributed by atoms with Gasteiger partial charge in [-0.1, -0.05) is 17.7 Å². The lowest BCUT2D eigenvalue weighted by Gasteiger charge is -2.37. The molecule has 0 aliphatic carbocycles. The number of carbonyl (C=O) groups is 1. The van der Waals surface area contributed by atoms with Crippen molar-refractivity contribution in [2.75, 3.05) is 19.6 Å². The molecule has 1 fully saturated rings. The molecule has 1 heterocycles. The standard InChI is InChI=1S/C15H21ClN2O3/c1-15(2,3)21-14(20)18-7-6-17-9-13(18)11-5-4-10(19)8-12(11)16/h4-5,8,13,17,19H,6-7,9H2,1-3H3. The topological polar surface area (TPSA) is 61.8 Å². The van der Waals surface area contributed by atoms with Crippen molar-refractivity contribution in [1.82, 2.24) is 10.2 Å². The quantitative estimate of drug-likeness (QED) is 0.837. The van der Waals surface area contributed by atoms with E-state index in [2.05, 4.69) is 5.32 Å². The summed E-state index contributed by atoms with van der Waals surface area (Å²) in [4.78, 5) is 14.0. The van der Waals surface area contributed by atoms with E-state index in [0.29, 0.717) is 24.7 Å². The fraction of sp³-hybridized carbons (Fsp3) is 0.533. The second kappa shape index (κ2) is 6.12. The predicted molar refractivity (Wildman–Crippen MR) is 81.7 cm³/mol. The van der Waals surface area contributed by atoms with Crippen molar-refractivity contribution < 1.29 is 14.6 Å². The van der Waals surface area contributed by atoms with Gasteiger partial charge in [-0.25, -0.2) is 4.79 Å². The third kappa shape index (κ3) is 4.02. The third-order valence-corrected chi connectivity index (χ3v) is 3.54. The summed E-state index contributed by atoms with van der Waals surface area (Å²) >= 11 is 6.20. The summed E-state index contributed by atoms with van der Waals surface area (Å²) in [5.74, 6) is 0.108. The molecule has 0 bridgehead atoms. The van der Waals surface area contributed by atoms with Crippen molar-refractivity contribution in [3.63, 3.8) is 0 Å². The van der Waals surface area contributed by atoms with E-state index in [1.165, 1.54) is 6.07 Å². The van der Waals surface area contributed by atoms with Crippen LogP contribution in [0.15, 0.2) is 18.2 Å². The van der Waals surface area contributed by atoms with Crippen LogP contribution in [0.25, 0.3) is 0 Å². The van der Waals surface area contributed by atoms with E-state index in [9.17, 15) is 9.90 Å². The van der Waals surface area contributed by atoms with Crippen LogP contribution in [0.2, 0.25) is 5.02 Å². The summed E-state index contributed by atoms with van der Waals surface area (Å²) < 4.78 is 5.46. The minimum Gasteiger partial charge on any atom is -0.508 e. The molecule has 1 aromatic carbocycles. The first-order valence-corrected chi connectivity index (χ1v) is 7.34. The number of ether oxygens (including phenoxy) is 1. The maximum Gasteiger partial charge on any atom is 0.410 e. The predicted octanol–water partition coefficient (Wildman–Crippen LogP) is 2.93. The summed E-state index contributed by atoms with van der Waals surface area (Å²) in [5.41, 5.74) is 0.262. The monoisotopic (exact) mass is 312 g/mol. The van der Waals surface area contributed by atoms with Crippen LogP contribution in [-0.2, 0) is 4.74 Å². The molecule has 6 heteroatoms. The van der Waals surface area contributed by atoms with E-state index in [1.807, 2.05) is 20.8 Å². The Hall–Kier alpha value is -1.46. The average Bonchev–Trinajstić information content (AvgIpc) is 2.37. The van der Waals surface area contributed by atoms with E-state index in [0.717, 1.165) is 5.56 Å². The van der Waals surface area contributed by atoms with Gasteiger partial charge in [0.05, 0.1) is 6.04 Å². The Morgan fingerprint density at radius 1 is 1.48 bits per heavy atom. The summed E-state index contributed by atoms with van der Waals surface area (Å²) in [5, 5.41) is 13.2. The van der Waals surface area contributed by atoms with Gasteiger partial charge >= 0.3 is 6.09 Å². The van der Waals surface area contributed by atoms with Gasteiger partial charge in [-0.3, -0.25) is 4.90 Å². The largest absolute Gasteiger partial charge is 0.508 e. The molecule has 2 N–H and O–H groups in total. The van der Waals surface area contributed by atoms with Crippen LogP contribution in [0, 0.1) is 0 Å². The Labute approximate surface area is 129 Å². The number of amides is 1. The average molecular weight is 313 g/mol. The first-order chi connectivity index (χ1) is 9.78. The number of aromatic hydroxyl groups is 1. The van der Waals surface area contributed by atoms with Crippen LogP contribution in [0.3, 0.4) is 0 Å². The van der Waals surface area contributed by atoms with Crippen LogP contribution in [0.5, 0.6) is 5.75 Å². The van der Waals surface area contributed by atoms with Crippen molar-refractivity contribution in [2.24, 2.45) is 0 Å². The minimum atomic E-state index is -0.536. The van der Waals surface area contributed by atoms with Gasteiger partial charge in [0.2, 0.25) is 0 Å². The first kappa shape index (κ1) is 15.9. The summed E-state index contributed by atoms with van der Waals surface area (Å²) in [6.45, 7) is 7.40. The Bertz CT molecular complexity index is 528. The normalized spacial score (nSPS) is 19.4. The molecule has 5 nitrogen and oxygen atoms in total. The summed E-state index contributed by atoms with van der Waals surface area (Å²) in [6.07, 6.45) is -0.349. The van der Waals surface area contributed by atoms with E-state index in [4.69, 9.17) is 16.3 Å². The maximum absolute atomic E-state index is 12.4. The number of carbonyl (C=O) groups excluding carboxylic acids is 1. The fourth-order valence-corrected chi connectivity index (χ4v) is 2.61. The lowest BCUT2D eigenvalue weighted by molar-refractivity contribution is 0.0118. The maximum atomic E-state index is 12.4. The third-order valence-electron chi connectivity index (χ3n) is 3.21. The lowest BCUT2D eigenvalue weighted by Crippen LogP contribution is -2.50. The molecule has 0 saturated carbocycles. The number of hydrogen-bond acceptors (Lipinski definition) is 4. The molecular formula is C15H21ClN2O3. The molecule has 116 valence electrons. The van der Waals surface area contributed by atoms with E-state index in [1.54, 1.807) is 17.0 Å². The molecule has 1 aliphatic heterocycles. The minimum absolute atomic E-state index is 0.108. The van der Waals surface area contributed by atoms with Crippen molar-refractivity contribution in [3.8, 4) is 5.75 Å². The molecule has 1 unspecified atom stereocenters. The number of rotatable bonds is 1. The molecule has 1 saturated heterocycles. The molecule has 1 aliphatic rings. The van der Waals surface area contributed by atoms with Gasteiger partial charge in [0.1, 0.15) is 11.4 Å². The number of benzene rings is 1. The second-order valence-corrected chi connectivity index (χ2v) is 6.51. The smallest absolute Gasteiger partial charge is 0.410 e. The van der Waals surface area contributed by atoms with Gasteiger partial charge in [-0.15, -0.1) is 0 Å². The zero-order valence-corrected chi connectivity index (χ0v) is 13.3. The summed E-state index contributed by atoms with van der Waals surface area (Å²) in [7, 11) is 0. The van der Waals surface area contributed by atoms with Crippen molar-refractivity contribution in [1.29, 1.82) is 0 Å².